The minimum absolute atomic E-state index is 0.0240. The predicted molar refractivity (Wildman–Crippen MR) is 138 cm³/mol. The van der Waals surface area contributed by atoms with Gasteiger partial charge in [-0.3, -0.25) is 14.4 Å². The van der Waals surface area contributed by atoms with Gasteiger partial charge in [0.2, 0.25) is 11.8 Å². The van der Waals surface area contributed by atoms with Crippen molar-refractivity contribution in [3.8, 4) is 0 Å². The zero-order valence-corrected chi connectivity index (χ0v) is 22.4. The minimum atomic E-state index is -0.659. The van der Waals surface area contributed by atoms with Crippen LogP contribution in [0.1, 0.15) is 45.4 Å². The minimum Gasteiger partial charge on any atom is -0.461 e. The van der Waals surface area contributed by atoms with Crippen LogP contribution >= 0.6 is 27.7 Å². The molecule has 3 aliphatic heterocycles. The number of unbranched alkanes of at least 4 members (excludes halogenated alkanes) is 3. The Balaban J connectivity index is 1.97. The van der Waals surface area contributed by atoms with Crippen LogP contribution < -0.4 is 0 Å². The van der Waals surface area contributed by atoms with Crippen molar-refractivity contribution in [2.24, 2.45) is 11.8 Å². The Hall–Kier alpha value is -1.32. The normalized spacial score (nSPS) is 31.4. The molecule has 6 atom stereocenters. The van der Waals surface area contributed by atoms with E-state index < -0.39 is 22.6 Å². The number of amides is 2. The van der Waals surface area contributed by atoms with Gasteiger partial charge in [0.1, 0.15) is 12.6 Å². The first-order chi connectivity index (χ1) is 16.4. The summed E-state index contributed by atoms with van der Waals surface area (Å²) in [7, 11) is 0. The second-order valence-corrected chi connectivity index (χ2v) is 12.0. The predicted octanol–water partition coefficient (Wildman–Crippen LogP) is 3.16. The SMILES string of the molecule is C=CCOC(=O)[C@H]1[C@H]2C(=O)N(CCCCCO)C(C(=O)N(CC=C)CCCC)C23CC(Br)[C@@H]1S3. The molecule has 1 spiro atoms. The summed E-state index contributed by atoms with van der Waals surface area (Å²) in [5.41, 5.74) is 0. The summed E-state index contributed by atoms with van der Waals surface area (Å²) in [6.07, 6.45) is 7.87. The summed E-state index contributed by atoms with van der Waals surface area (Å²) in [4.78, 5) is 44.6. The van der Waals surface area contributed by atoms with E-state index in [2.05, 4.69) is 36.0 Å². The van der Waals surface area contributed by atoms with Gasteiger partial charge >= 0.3 is 5.97 Å². The van der Waals surface area contributed by atoms with Crippen molar-refractivity contribution in [2.45, 2.75) is 66.3 Å². The lowest BCUT2D eigenvalue weighted by atomic mass is 9.71. The number of ether oxygens (including phenoxy) is 1. The first-order valence-corrected chi connectivity index (χ1v) is 14.1. The van der Waals surface area contributed by atoms with Crippen molar-refractivity contribution >= 4 is 45.5 Å². The maximum atomic E-state index is 14.1. The van der Waals surface area contributed by atoms with Crippen LogP contribution in [0.5, 0.6) is 0 Å². The Kier molecular flexibility index (Phi) is 9.69. The number of aliphatic hydroxyl groups excluding tert-OH is 1. The van der Waals surface area contributed by atoms with E-state index in [4.69, 9.17) is 9.84 Å². The molecule has 0 aliphatic carbocycles. The number of fused-ring (bicyclic) bond motifs is 1. The average Bonchev–Trinajstić information content (AvgIpc) is 3.41. The molecule has 2 amide bonds. The second-order valence-electron chi connectivity index (χ2n) is 9.32. The summed E-state index contributed by atoms with van der Waals surface area (Å²) >= 11 is 5.38. The molecule has 0 aromatic carbocycles. The number of thioether (sulfide) groups is 1. The molecule has 0 aromatic heterocycles. The van der Waals surface area contributed by atoms with E-state index in [9.17, 15) is 14.4 Å². The molecule has 190 valence electrons. The summed E-state index contributed by atoms with van der Waals surface area (Å²) in [5, 5.41) is 9.05. The molecule has 3 unspecified atom stereocenters. The molecule has 34 heavy (non-hydrogen) atoms. The van der Waals surface area contributed by atoms with Gasteiger partial charge in [-0.2, -0.15) is 0 Å². The van der Waals surface area contributed by atoms with E-state index in [1.807, 2.05) is 4.90 Å². The highest BCUT2D eigenvalue weighted by Gasteiger charge is 2.76. The van der Waals surface area contributed by atoms with Crippen LogP contribution in [0.15, 0.2) is 25.3 Å². The molecule has 3 fully saturated rings. The molecule has 2 bridgehead atoms. The number of nitrogens with zero attached hydrogens (tertiary/aromatic N) is 2. The van der Waals surface area contributed by atoms with Crippen LogP contribution in [-0.2, 0) is 19.1 Å². The van der Waals surface area contributed by atoms with E-state index >= 15 is 0 Å². The number of hydrogen-bond donors (Lipinski definition) is 1. The topological polar surface area (TPSA) is 87.1 Å². The van der Waals surface area contributed by atoms with Gasteiger partial charge in [-0.25, -0.2) is 0 Å². The van der Waals surface area contributed by atoms with Crippen molar-refractivity contribution in [3.63, 3.8) is 0 Å². The fourth-order valence-corrected chi connectivity index (χ4v) is 9.29. The van der Waals surface area contributed by atoms with Crippen LogP contribution in [-0.4, -0.2) is 86.4 Å². The Bertz CT molecular complexity index is 795. The molecule has 0 saturated carbocycles. The van der Waals surface area contributed by atoms with E-state index in [0.29, 0.717) is 38.9 Å². The van der Waals surface area contributed by atoms with Gasteiger partial charge in [0.05, 0.1) is 16.6 Å². The first-order valence-electron chi connectivity index (χ1n) is 12.3. The maximum Gasteiger partial charge on any atom is 0.311 e. The van der Waals surface area contributed by atoms with E-state index in [0.717, 1.165) is 19.3 Å². The van der Waals surface area contributed by atoms with Gasteiger partial charge in [-0.05, 0) is 32.1 Å². The third kappa shape index (κ3) is 4.98. The molecular formula is C25H37BrN2O5S. The molecule has 0 radical (unpaired) electrons. The molecule has 1 N–H and O–H groups in total. The lowest BCUT2D eigenvalue weighted by molar-refractivity contribution is -0.153. The van der Waals surface area contributed by atoms with Crippen molar-refractivity contribution in [2.75, 3.05) is 32.8 Å². The summed E-state index contributed by atoms with van der Waals surface area (Å²) in [6.45, 7) is 11.2. The van der Waals surface area contributed by atoms with E-state index in [1.54, 1.807) is 22.7 Å². The molecule has 7 nitrogen and oxygen atoms in total. The number of carbonyl (C=O) groups excluding carboxylic acids is 3. The van der Waals surface area contributed by atoms with Crippen molar-refractivity contribution in [1.29, 1.82) is 0 Å². The molecule has 3 aliphatic rings. The number of hydrogen-bond acceptors (Lipinski definition) is 6. The lowest BCUT2D eigenvalue weighted by Gasteiger charge is -2.37. The number of halogens is 1. The van der Waals surface area contributed by atoms with E-state index in [1.165, 1.54) is 6.08 Å². The maximum absolute atomic E-state index is 14.1. The smallest absolute Gasteiger partial charge is 0.311 e. The Morgan fingerprint density at radius 2 is 2.06 bits per heavy atom. The summed E-state index contributed by atoms with van der Waals surface area (Å²) in [5.74, 6) is -1.72. The third-order valence-corrected chi connectivity index (χ3v) is 10.4. The molecule has 9 heteroatoms. The van der Waals surface area contributed by atoms with Crippen LogP contribution in [0.2, 0.25) is 0 Å². The Morgan fingerprint density at radius 3 is 2.71 bits per heavy atom. The van der Waals surface area contributed by atoms with Crippen LogP contribution in [0.25, 0.3) is 0 Å². The van der Waals surface area contributed by atoms with Gasteiger partial charge in [0, 0.05) is 36.3 Å². The fourth-order valence-electron chi connectivity index (χ4n) is 5.70. The van der Waals surface area contributed by atoms with Crippen LogP contribution in [0, 0.1) is 11.8 Å². The highest BCUT2D eigenvalue weighted by atomic mass is 79.9. The molecular weight excluding hydrogens is 520 g/mol. The number of likely N-dealkylation sites (tertiary alicyclic amines) is 1. The molecule has 3 rings (SSSR count). The summed E-state index contributed by atoms with van der Waals surface area (Å²) < 4.78 is 4.75. The monoisotopic (exact) mass is 556 g/mol. The third-order valence-electron chi connectivity index (χ3n) is 7.14. The first kappa shape index (κ1) is 27.3. The Morgan fingerprint density at radius 1 is 1.29 bits per heavy atom. The van der Waals surface area contributed by atoms with Crippen LogP contribution in [0.4, 0.5) is 0 Å². The lowest BCUT2D eigenvalue weighted by Crippen LogP contribution is -2.55. The zero-order valence-electron chi connectivity index (χ0n) is 20.0. The van der Waals surface area contributed by atoms with Crippen molar-refractivity contribution < 1.29 is 24.2 Å². The van der Waals surface area contributed by atoms with Gasteiger partial charge in [0.25, 0.3) is 0 Å². The number of aliphatic hydroxyl groups is 1. The quantitative estimate of drug-likeness (QED) is 0.153. The number of alkyl halides is 1. The average molecular weight is 558 g/mol. The fraction of sp³-hybridized carbons (Fsp3) is 0.720. The summed E-state index contributed by atoms with van der Waals surface area (Å²) in [6, 6.07) is -0.622. The number of carbonyl (C=O) groups is 3. The van der Waals surface area contributed by atoms with Gasteiger partial charge < -0.3 is 19.6 Å². The highest BCUT2D eigenvalue weighted by molar-refractivity contribution is 9.09. The van der Waals surface area contributed by atoms with E-state index in [-0.39, 0.29) is 41.1 Å². The highest BCUT2D eigenvalue weighted by Crippen LogP contribution is 2.68. The molecule has 3 saturated heterocycles. The van der Waals surface area contributed by atoms with Crippen LogP contribution in [0.3, 0.4) is 0 Å². The van der Waals surface area contributed by atoms with Crippen molar-refractivity contribution in [3.05, 3.63) is 25.3 Å². The second kappa shape index (κ2) is 12.1. The molecule has 3 heterocycles. The van der Waals surface area contributed by atoms with Gasteiger partial charge in [-0.15, -0.1) is 18.3 Å². The van der Waals surface area contributed by atoms with Gasteiger partial charge in [0.15, 0.2) is 0 Å². The standard InChI is InChI=1S/C25H37BrN2O5S/c1-4-7-12-27(11-5-2)23(31)21-25-16-17(26)20(34-25)18(24(32)33-15-6-3)19(25)22(30)28(21)13-9-8-10-14-29/h5-6,17-21,29H,2-4,7-16H2,1H3/t17?,18-,19-,20-,21?,25?/m0/s1. The zero-order chi connectivity index (χ0) is 24.9. The van der Waals surface area contributed by atoms with Crippen molar-refractivity contribution in [1.82, 2.24) is 9.80 Å². The number of rotatable bonds is 14. The molecule has 0 aromatic rings. The number of esters is 1. The largest absolute Gasteiger partial charge is 0.461 e. The Labute approximate surface area is 215 Å². The van der Waals surface area contributed by atoms with Gasteiger partial charge in [-0.1, -0.05) is 48.0 Å².